The highest BCUT2D eigenvalue weighted by Gasteiger charge is 2.33. The van der Waals surface area contributed by atoms with Gasteiger partial charge in [-0.25, -0.2) is 16.8 Å². The number of benzene rings is 2. The predicted molar refractivity (Wildman–Crippen MR) is 90.6 cm³/mol. The number of sulfone groups is 1. The van der Waals surface area contributed by atoms with Crippen LogP contribution in [0.1, 0.15) is 12.8 Å². The first-order valence-corrected chi connectivity index (χ1v) is 10.9. The first-order chi connectivity index (χ1) is 10.8. The van der Waals surface area contributed by atoms with Crippen LogP contribution in [0.3, 0.4) is 0 Å². The van der Waals surface area contributed by atoms with Crippen molar-refractivity contribution in [1.82, 2.24) is 4.31 Å². The third-order valence-corrected chi connectivity index (χ3v) is 7.94. The average Bonchev–Trinajstić information content (AvgIpc) is 2.53. The van der Waals surface area contributed by atoms with Gasteiger partial charge in [-0.2, -0.15) is 4.31 Å². The zero-order valence-electron chi connectivity index (χ0n) is 12.8. The molecular weight excluding hydrogens is 334 g/mol. The van der Waals surface area contributed by atoms with Crippen molar-refractivity contribution >= 4 is 30.6 Å². The molecule has 0 atom stereocenters. The van der Waals surface area contributed by atoms with Gasteiger partial charge in [0.15, 0.2) is 0 Å². The predicted octanol–water partition coefficient (Wildman–Crippen LogP) is 2.04. The molecule has 0 radical (unpaired) electrons. The number of hydrogen-bond acceptors (Lipinski definition) is 4. The van der Waals surface area contributed by atoms with Gasteiger partial charge in [-0.05, 0) is 35.7 Å². The minimum Gasteiger partial charge on any atom is -0.229 e. The Balaban J connectivity index is 1.86. The fourth-order valence-electron chi connectivity index (χ4n) is 2.98. The summed E-state index contributed by atoms with van der Waals surface area (Å²) in [6.45, 7) is 0.486. The van der Waals surface area contributed by atoms with Gasteiger partial charge in [-0.1, -0.05) is 30.3 Å². The number of sulfonamides is 1. The molecule has 1 fully saturated rings. The van der Waals surface area contributed by atoms with Gasteiger partial charge in [0.25, 0.3) is 0 Å². The second-order valence-corrected chi connectivity index (χ2v) is 10.2. The monoisotopic (exact) mass is 353 g/mol. The van der Waals surface area contributed by atoms with Crippen LogP contribution in [-0.2, 0) is 19.9 Å². The van der Waals surface area contributed by atoms with Gasteiger partial charge in [-0.3, -0.25) is 0 Å². The summed E-state index contributed by atoms with van der Waals surface area (Å²) < 4.78 is 50.1. The van der Waals surface area contributed by atoms with E-state index in [2.05, 4.69) is 0 Å². The van der Waals surface area contributed by atoms with Gasteiger partial charge in [0.1, 0.15) is 9.84 Å². The number of rotatable bonds is 3. The Kier molecular flexibility index (Phi) is 4.20. The van der Waals surface area contributed by atoms with Crippen LogP contribution >= 0.6 is 0 Å². The van der Waals surface area contributed by atoms with Crippen LogP contribution in [0.15, 0.2) is 47.4 Å². The van der Waals surface area contributed by atoms with Crippen LogP contribution in [0, 0.1) is 0 Å². The van der Waals surface area contributed by atoms with Gasteiger partial charge < -0.3 is 0 Å². The van der Waals surface area contributed by atoms with Crippen LogP contribution in [0.4, 0.5) is 0 Å². The van der Waals surface area contributed by atoms with E-state index in [1.54, 1.807) is 18.2 Å². The van der Waals surface area contributed by atoms with Crippen molar-refractivity contribution < 1.29 is 16.8 Å². The molecule has 3 rings (SSSR count). The maximum atomic E-state index is 12.8. The van der Waals surface area contributed by atoms with Crippen molar-refractivity contribution in [3.8, 4) is 0 Å². The molecule has 0 aliphatic carbocycles. The lowest BCUT2D eigenvalue weighted by molar-refractivity contribution is 0.346. The fourth-order valence-corrected chi connectivity index (χ4v) is 5.55. The SMILES string of the molecule is CS(=O)(=O)C1CCN(S(=O)(=O)c2ccc3ccccc3c2)CC1. The maximum Gasteiger partial charge on any atom is 0.243 e. The highest BCUT2D eigenvalue weighted by atomic mass is 32.2. The zero-order valence-corrected chi connectivity index (χ0v) is 14.5. The highest BCUT2D eigenvalue weighted by molar-refractivity contribution is 7.91. The standard InChI is InChI=1S/C16H19NO4S2/c1-22(18,19)15-8-10-17(11-9-15)23(20,21)16-7-6-13-4-2-3-5-14(13)12-16/h2-7,12,15H,8-11H2,1H3. The van der Waals surface area contributed by atoms with Crippen molar-refractivity contribution in [3.63, 3.8) is 0 Å². The van der Waals surface area contributed by atoms with E-state index in [-0.39, 0.29) is 18.0 Å². The topological polar surface area (TPSA) is 71.5 Å². The summed E-state index contributed by atoms with van der Waals surface area (Å²) in [5, 5.41) is 1.42. The number of piperidine rings is 1. The molecule has 23 heavy (non-hydrogen) atoms. The largest absolute Gasteiger partial charge is 0.243 e. The minimum atomic E-state index is -3.58. The molecule has 124 valence electrons. The van der Waals surface area contributed by atoms with Crippen molar-refractivity contribution in [2.45, 2.75) is 23.0 Å². The molecule has 1 aliphatic heterocycles. The Morgan fingerprint density at radius 2 is 1.52 bits per heavy atom. The molecule has 1 saturated heterocycles. The minimum absolute atomic E-state index is 0.243. The lowest BCUT2D eigenvalue weighted by atomic mass is 10.1. The van der Waals surface area contributed by atoms with Crippen molar-refractivity contribution in [2.75, 3.05) is 19.3 Å². The van der Waals surface area contributed by atoms with E-state index in [0.717, 1.165) is 10.8 Å². The second-order valence-electron chi connectivity index (χ2n) is 5.94. The molecule has 2 aromatic rings. The van der Waals surface area contributed by atoms with Gasteiger partial charge in [-0.15, -0.1) is 0 Å². The third-order valence-electron chi connectivity index (χ3n) is 4.37. The normalized spacial score (nSPS) is 18.3. The Bertz CT molecular complexity index is 927. The first kappa shape index (κ1) is 16.4. The third kappa shape index (κ3) is 3.27. The van der Waals surface area contributed by atoms with Crippen molar-refractivity contribution in [3.05, 3.63) is 42.5 Å². The number of hydrogen-bond donors (Lipinski definition) is 0. The van der Waals surface area contributed by atoms with E-state index < -0.39 is 25.1 Å². The summed E-state index contributed by atoms with van der Waals surface area (Å²) in [6, 6.07) is 12.7. The first-order valence-electron chi connectivity index (χ1n) is 7.46. The summed E-state index contributed by atoms with van der Waals surface area (Å²) in [5.74, 6) is 0. The zero-order chi connectivity index (χ0) is 16.7. The molecule has 0 spiro atoms. The van der Waals surface area contributed by atoms with E-state index in [1.165, 1.54) is 10.6 Å². The molecule has 0 unspecified atom stereocenters. The van der Waals surface area contributed by atoms with E-state index >= 15 is 0 Å². The Morgan fingerprint density at radius 1 is 0.913 bits per heavy atom. The lowest BCUT2D eigenvalue weighted by Crippen LogP contribution is -2.42. The molecular formula is C16H19NO4S2. The lowest BCUT2D eigenvalue weighted by Gasteiger charge is -2.30. The summed E-state index contributed by atoms with van der Waals surface area (Å²) in [7, 11) is -6.69. The van der Waals surface area contributed by atoms with Crippen molar-refractivity contribution in [1.29, 1.82) is 0 Å². The molecule has 5 nitrogen and oxygen atoms in total. The Hall–Kier alpha value is -1.44. The molecule has 0 N–H and O–H groups in total. The van der Waals surface area contributed by atoms with E-state index in [0.29, 0.717) is 12.8 Å². The second kappa shape index (κ2) is 5.89. The molecule has 1 heterocycles. The van der Waals surface area contributed by atoms with Crippen LogP contribution in [0.25, 0.3) is 10.8 Å². The summed E-state index contributed by atoms with van der Waals surface area (Å²) in [5.41, 5.74) is 0. The number of nitrogens with zero attached hydrogens (tertiary/aromatic N) is 1. The maximum absolute atomic E-state index is 12.8. The van der Waals surface area contributed by atoms with E-state index in [1.807, 2.05) is 24.3 Å². The fraction of sp³-hybridized carbons (Fsp3) is 0.375. The van der Waals surface area contributed by atoms with Crippen LogP contribution < -0.4 is 0 Å². The molecule has 2 aromatic carbocycles. The molecule has 0 bridgehead atoms. The summed E-state index contributed by atoms with van der Waals surface area (Å²) in [4.78, 5) is 0.258. The summed E-state index contributed by atoms with van der Waals surface area (Å²) in [6.07, 6.45) is 1.92. The number of fused-ring (bicyclic) bond motifs is 1. The van der Waals surface area contributed by atoms with E-state index in [4.69, 9.17) is 0 Å². The summed E-state index contributed by atoms with van der Waals surface area (Å²) >= 11 is 0. The van der Waals surface area contributed by atoms with E-state index in [9.17, 15) is 16.8 Å². The van der Waals surface area contributed by atoms with Gasteiger partial charge >= 0.3 is 0 Å². The molecule has 1 aliphatic rings. The molecule has 0 aromatic heterocycles. The van der Waals surface area contributed by atoms with Crippen molar-refractivity contribution in [2.24, 2.45) is 0 Å². The molecule has 0 amide bonds. The van der Waals surface area contributed by atoms with Gasteiger partial charge in [0.2, 0.25) is 10.0 Å². The van der Waals surface area contributed by atoms with Gasteiger partial charge in [0.05, 0.1) is 10.1 Å². The average molecular weight is 353 g/mol. The molecule has 0 saturated carbocycles. The van der Waals surface area contributed by atoms with Gasteiger partial charge in [0, 0.05) is 19.3 Å². The highest BCUT2D eigenvalue weighted by Crippen LogP contribution is 2.26. The smallest absolute Gasteiger partial charge is 0.229 e. The van der Waals surface area contributed by atoms with Crippen LogP contribution in [0.5, 0.6) is 0 Å². The Labute approximate surface area is 136 Å². The Morgan fingerprint density at radius 3 is 2.13 bits per heavy atom. The molecule has 7 heteroatoms. The quantitative estimate of drug-likeness (QED) is 0.846. The van der Waals surface area contributed by atoms with Crippen LogP contribution in [-0.4, -0.2) is 45.7 Å². The van der Waals surface area contributed by atoms with Crippen LogP contribution in [0.2, 0.25) is 0 Å².